The highest BCUT2D eigenvalue weighted by Crippen LogP contribution is 2.65. The van der Waals surface area contributed by atoms with Gasteiger partial charge in [-0.15, -0.1) is 0 Å². The highest BCUT2D eigenvalue weighted by Gasteiger charge is 2.72. The third-order valence-electron chi connectivity index (χ3n) is 9.47. The van der Waals surface area contributed by atoms with Crippen molar-refractivity contribution in [2.45, 2.75) is 113 Å². The van der Waals surface area contributed by atoms with Crippen LogP contribution in [0.25, 0.3) is 0 Å². The monoisotopic (exact) mass is 643 g/mol. The molecule has 6 atom stereocenters. The van der Waals surface area contributed by atoms with E-state index in [0.717, 1.165) is 11.1 Å². The van der Waals surface area contributed by atoms with Crippen LogP contribution >= 0.6 is 0 Å². The van der Waals surface area contributed by atoms with Gasteiger partial charge in [-0.2, -0.15) is 0 Å². The maximum atomic E-state index is 13.5. The third-order valence-corrected chi connectivity index (χ3v) is 9.47. The summed E-state index contributed by atoms with van der Waals surface area (Å²) in [7, 11) is 3.54. The number of benzene rings is 1. The molecule has 13 heteroatoms. The maximum Gasteiger partial charge on any atom is 0.348 e. The lowest BCUT2D eigenvalue weighted by molar-refractivity contribution is -0.182. The molecule has 1 aromatic carbocycles. The minimum atomic E-state index is -1.67. The van der Waals surface area contributed by atoms with Gasteiger partial charge in [0, 0.05) is 31.9 Å². The third kappa shape index (κ3) is 5.22. The van der Waals surface area contributed by atoms with E-state index >= 15 is 0 Å². The highest BCUT2D eigenvalue weighted by atomic mass is 16.8. The molecule has 46 heavy (non-hydrogen) atoms. The quantitative estimate of drug-likeness (QED) is 0.325. The summed E-state index contributed by atoms with van der Waals surface area (Å²) >= 11 is 0. The van der Waals surface area contributed by atoms with Crippen LogP contribution in [0.3, 0.4) is 0 Å². The Labute approximate surface area is 267 Å². The second-order valence-corrected chi connectivity index (χ2v) is 14.1. The fourth-order valence-electron chi connectivity index (χ4n) is 7.66. The molecule has 1 N–H and O–H groups in total. The Hall–Kier alpha value is -3.68. The van der Waals surface area contributed by atoms with Crippen LogP contribution in [0.5, 0.6) is 11.5 Å². The number of rotatable bonds is 8. The van der Waals surface area contributed by atoms with E-state index in [-0.39, 0.29) is 18.2 Å². The summed E-state index contributed by atoms with van der Waals surface area (Å²) < 4.78 is 39.4. The Morgan fingerprint density at radius 1 is 1.17 bits per heavy atom. The first-order valence-corrected chi connectivity index (χ1v) is 15.5. The van der Waals surface area contributed by atoms with Crippen molar-refractivity contribution in [3.8, 4) is 11.5 Å². The lowest BCUT2D eigenvalue weighted by Crippen LogP contribution is -2.74. The molecule has 1 spiro atoms. The lowest BCUT2D eigenvalue weighted by atomic mass is 9.50. The van der Waals surface area contributed by atoms with E-state index in [1.807, 2.05) is 19.2 Å². The average Bonchev–Trinajstić information content (AvgIpc) is 3.43. The summed E-state index contributed by atoms with van der Waals surface area (Å²) in [5.41, 5.74) is -1.12. The molecule has 2 fully saturated rings. The van der Waals surface area contributed by atoms with Gasteiger partial charge in [0.15, 0.2) is 23.7 Å². The van der Waals surface area contributed by atoms with Gasteiger partial charge in [0.05, 0.1) is 31.0 Å². The first kappa shape index (κ1) is 32.3. The van der Waals surface area contributed by atoms with Crippen molar-refractivity contribution in [1.29, 1.82) is 0 Å². The van der Waals surface area contributed by atoms with Crippen LogP contribution in [0.2, 0.25) is 0 Å². The van der Waals surface area contributed by atoms with E-state index in [1.54, 1.807) is 34.0 Å². The molecule has 0 aromatic heterocycles. The van der Waals surface area contributed by atoms with Gasteiger partial charge in [-0.05, 0) is 64.9 Å². The molecule has 2 aliphatic carbocycles. The topological polar surface area (TPSA) is 156 Å². The van der Waals surface area contributed by atoms with Crippen LogP contribution in [0.15, 0.2) is 24.0 Å². The second kappa shape index (κ2) is 11.0. The van der Waals surface area contributed by atoms with E-state index in [2.05, 4.69) is 4.90 Å². The summed E-state index contributed by atoms with van der Waals surface area (Å²) in [5, 5.41) is 12.4. The summed E-state index contributed by atoms with van der Waals surface area (Å²) in [6.07, 6.45) is -1.89. The fraction of sp³-hybridized carbons (Fsp3) is 0.636. The molecule has 1 aromatic rings. The zero-order chi connectivity index (χ0) is 33.4. The second-order valence-electron chi connectivity index (χ2n) is 14.1. The van der Waals surface area contributed by atoms with Gasteiger partial charge in [0.1, 0.15) is 11.4 Å². The molecule has 0 radical (unpaired) electrons. The van der Waals surface area contributed by atoms with Crippen molar-refractivity contribution < 1.29 is 57.4 Å². The molecule has 2 saturated heterocycles. The molecule has 3 aliphatic heterocycles. The number of likely N-dealkylation sites (tertiary alicyclic amines) is 1. The van der Waals surface area contributed by atoms with Crippen LogP contribution in [0, 0.1) is 0 Å². The Bertz CT molecular complexity index is 1510. The SMILES string of the molecule is COc1ccc2c3c1O[C@H]1C(OC(=O)C[C@H](OC(=O)C[C@@H]4OC(C)(C)OC4=O)C(=O)OC(C)(C)C)=CC[C@@]4(O)[C@H](C2)N(C)CC[C@]314. The van der Waals surface area contributed by atoms with Crippen molar-refractivity contribution in [2.24, 2.45) is 0 Å². The number of carbonyl (C=O) groups is 4. The van der Waals surface area contributed by atoms with Crippen LogP contribution in [0.4, 0.5) is 0 Å². The Morgan fingerprint density at radius 2 is 1.91 bits per heavy atom. The average molecular weight is 644 g/mol. The molecule has 5 aliphatic rings. The van der Waals surface area contributed by atoms with Crippen LogP contribution in [-0.4, -0.2) is 95.9 Å². The molecular weight excluding hydrogens is 602 g/mol. The molecule has 0 amide bonds. The minimum absolute atomic E-state index is 0.185. The van der Waals surface area contributed by atoms with Crippen molar-refractivity contribution in [3.63, 3.8) is 0 Å². The summed E-state index contributed by atoms with van der Waals surface area (Å²) in [5.74, 6) is -3.51. The number of hydrogen-bond acceptors (Lipinski definition) is 13. The van der Waals surface area contributed by atoms with Gasteiger partial charge >= 0.3 is 23.9 Å². The number of methoxy groups -OCH3 is 1. The molecule has 0 saturated carbocycles. The number of esters is 4. The van der Waals surface area contributed by atoms with Gasteiger partial charge < -0.3 is 43.2 Å². The van der Waals surface area contributed by atoms with E-state index in [0.29, 0.717) is 30.9 Å². The van der Waals surface area contributed by atoms with Crippen molar-refractivity contribution in [3.05, 3.63) is 35.1 Å². The largest absolute Gasteiger partial charge is 0.493 e. The lowest BCUT2D eigenvalue weighted by Gasteiger charge is -2.61. The maximum absolute atomic E-state index is 13.5. The number of nitrogens with zero attached hydrogens (tertiary/aromatic N) is 1. The molecule has 13 nitrogen and oxygen atoms in total. The Kier molecular flexibility index (Phi) is 7.68. The zero-order valence-electron chi connectivity index (χ0n) is 27.2. The van der Waals surface area contributed by atoms with Crippen LogP contribution in [0.1, 0.15) is 71.4 Å². The van der Waals surface area contributed by atoms with Crippen molar-refractivity contribution >= 4 is 23.9 Å². The molecule has 6 rings (SSSR count). The molecular formula is C33H41NO12. The van der Waals surface area contributed by atoms with Gasteiger partial charge in [0.2, 0.25) is 11.9 Å². The van der Waals surface area contributed by atoms with Crippen LogP contribution in [-0.2, 0) is 54.7 Å². The standard InChI is InChI=1S/C33H41NO12/c1-30(2,3)45-28(37)20(42-24(36)16-21-29(38)46-31(4,5)44-21)15-23(35)41-19-10-11-33(39)22-14-17-8-9-18(40-7)26-25(17)32(33,27(19)43-26)12-13-34(22)6/h8-10,20-22,27,39H,11-16H2,1-7H3/t20-,21-,22-,27-,32-,33+/m0/s1. The Balaban J connectivity index is 1.24. The summed E-state index contributed by atoms with van der Waals surface area (Å²) in [4.78, 5) is 53.8. The number of carbonyl (C=O) groups excluding carboxylic acids is 4. The van der Waals surface area contributed by atoms with Gasteiger partial charge in [-0.1, -0.05) is 6.07 Å². The van der Waals surface area contributed by atoms with E-state index in [9.17, 15) is 24.3 Å². The number of cyclic esters (lactones) is 1. The minimum Gasteiger partial charge on any atom is -0.493 e. The van der Waals surface area contributed by atoms with Gasteiger partial charge in [-0.25, -0.2) is 9.59 Å². The normalized spacial score (nSPS) is 31.1. The van der Waals surface area contributed by atoms with Crippen LogP contribution < -0.4 is 9.47 Å². The van der Waals surface area contributed by atoms with Crippen molar-refractivity contribution in [1.82, 2.24) is 4.90 Å². The predicted molar refractivity (Wildman–Crippen MR) is 158 cm³/mol. The zero-order valence-corrected chi connectivity index (χ0v) is 27.2. The molecule has 250 valence electrons. The first-order valence-electron chi connectivity index (χ1n) is 15.5. The highest BCUT2D eigenvalue weighted by molar-refractivity contribution is 5.87. The van der Waals surface area contributed by atoms with E-state index in [1.165, 1.54) is 13.8 Å². The van der Waals surface area contributed by atoms with Gasteiger partial charge in [-0.3, -0.25) is 9.59 Å². The first-order chi connectivity index (χ1) is 21.5. The number of hydrogen-bond donors (Lipinski definition) is 1. The molecule has 3 heterocycles. The van der Waals surface area contributed by atoms with E-state index < -0.39 is 77.4 Å². The predicted octanol–water partition coefficient (Wildman–Crippen LogP) is 2.23. The fourth-order valence-corrected chi connectivity index (χ4v) is 7.66. The van der Waals surface area contributed by atoms with Crippen molar-refractivity contribution in [2.75, 3.05) is 20.7 Å². The smallest absolute Gasteiger partial charge is 0.348 e. The van der Waals surface area contributed by atoms with E-state index in [4.69, 9.17) is 33.2 Å². The Morgan fingerprint density at radius 3 is 2.57 bits per heavy atom. The summed E-state index contributed by atoms with van der Waals surface area (Å²) in [6.45, 7) is 8.65. The summed E-state index contributed by atoms with van der Waals surface area (Å²) in [6, 6.07) is 3.66. The number of aliphatic hydroxyl groups is 1. The molecule has 0 unspecified atom stereocenters. The number of ether oxygens (including phenoxy) is 7. The number of likely N-dealkylation sites (N-methyl/N-ethyl adjacent to an activating group) is 1. The van der Waals surface area contributed by atoms with Gasteiger partial charge in [0.25, 0.3) is 0 Å². The number of piperidine rings is 1. The molecule has 2 bridgehead atoms.